The highest BCUT2D eigenvalue weighted by Crippen LogP contribution is 2.40. The fourth-order valence-corrected chi connectivity index (χ4v) is 9.02. The molecule has 0 spiro atoms. The maximum absolute atomic E-state index is 15.0. The fourth-order valence-electron chi connectivity index (χ4n) is 8.03. The molecule has 7 rings (SSSR count). The van der Waals surface area contributed by atoms with Crippen molar-refractivity contribution in [3.63, 3.8) is 0 Å². The largest absolute Gasteiger partial charge is 0.475 e. The molecule has 3 atom stereocenters. The summed E-state index contributed by atoms with van der Waals surface area (Å²) in [5.74, 6) is -0.0455. The van der Waals surface area contributed by atoms with Crippen LogP contribution in [0, 0.1) is 19.8 Å². The Morgan fingerprint density at radius 2 is 1.73 bits per heavy atom. The molecule has 1 saturated heterocycles. The van der Waals surface area contributed by atoms with Gasteiger partial charge in [0.2, 0.25) is 11.8 Å². The standard InChI is InChI=1S/C40H47N7O4S/c1-8-12-26-15-11-18-32(31-22-41-30-20-34(40(4,5)6)46(7)37(30)42-31)47-33(26)23-51-35-21-29(36-24(2)13-9-14-25(36)3)43-39(44-35)45-52(49,50)28-17-10-16-27(19-28)38(47)48/h9-10,13-14,16-17,19-22,26,32-33H,8,11-12,15,18,23H2,1-7H3,(H,43,44,45)/t26-,32?,33+/m1/s1. The van der Waals surface area contributed by atoms with Crippen LogP contribution in [0.2, 0.25) is 0 Å². The average molecular weight is 722 g/mol. The van der Waals surface area contributed by atoms with Gasteiger partial charge < -0.3 is 14.2 Å². The molecule has 52 heavy (non-hydrogen) atoms. The average Bonchev–Trinajstić information content (AvgIpc) is 3.33. The molecule has 1 fully saturated rings. The van der Waals surface area contributed by atoms with Crippen molar-refractivity contribution in [2.45, 2.75) is 96.0 Å². The van der Waals surface area contributed by atoms with Gasteiger partial charge in [-0.1, -0.05) is 64.8 Å². The number of carbonyl (C=O) groups excluding carboxylic acids is 1. The van der Waals surface area contributed by atoms with Crippen LogP contribution < -0.4 is 9.46 Å². The Bertz CT molecular complexity index is 2260. The first-order valence-corrected chi connectivity index (χ1v) is 19.6. The van der Waals surface area contributed by atoms with Crippen LogP contribution in [0.15, 0.2) is 65.7 Å². The monoisotopic (exact) mass is 721 g/mol. The highest BCUT2D eigenvalue weighted by Gasteiger charge is 2.41. The van der Waals surface area contributed by atoms with Gasteiger partial charge in [0.1, 0.15) is 12.1 Å². The van der Waals surface area contributed by atoms with Crippen LogP contribution in [-0.2, 0) is 22.5 Å². The molecule has 0 radical (unpaired) electrons. The third-order valence-electron chi connectivity index (χ3n) is 10.5. The first kappa shape index (κ1) is 35.6. The van der Waals surface area contributed by atoms with Gasteiger partial charge in [-0.25, -0.2) is 23.1 Å². The van der Waals surface area contributed by atoms with Gasteiger partial charge in [0, 0.05) is 35.3 Å². The molecule has 5 aromatic rings. The number of hydrogen-bond donors (Lipinski definition) is 1. The van der Waals surface area contributed by atoms with Crippen molar-refractivity contribution in [3.8, 4) is 17.1 Å². The van der Waals surface area contributed by atoms with E-state index in [2.05, 4.69) is 53.0 Å². The van der Waals surface area contributed by atoms with Crippen LogP contribution >= 0.6 is 0 Å². The molecule has 2 aliphatic heterocycles. The minimum atomic E-state index is -4.19. The number of hydrogen-bond acceptors (Lipinski definition) is 8. The third-order valence-corrected chi connectivity index (χ3v) is 11.8. The smallest absolute Gasteiger partial charge is 0.264 e. The molecule has 12 heteroatoms. The van der Waals surface area contributed by atoms with E-state index in [0.717, 1.165) is 59.2 Å². The lowest BCUT2D eigenvalue weighted by atomic mass is 9.90. The van der Waals surface area contributed by atoms with E-state index in [1.54, 1.807) is 24.4 Å². The predicted molar refractivity (Wildman–Crippen MR) is 202 cm³/mol. The van der Waals surface area contributed by atoms with E-state index in [0.29, 0.717) is 17.8 Å². The van der Waals surface area contributed by atoms with Crippen molar-refractivity contribution in [2.75, 3.05) is 11.3 Å². The number of sulfonamides is 1. The van der Waals surface area contributed by atoms with Crippen LogP contribution in [0.25, 0.3) is 22.4 Å². The molecule has 0 saturated carbocycles. The van der Waals surface area contributed by atoms with Crippen LogP contribution in [0.4, 0.5) is 5.95 Å². The van der Waals surface area contributed by atoms with Gasteiger partial charge in [-0.3, -0.25) is 9.78 Å². The quantitative estimate of drug-likeness (QED) is 0.200. The minimum Gasteiger partial charge on any atom is -0.475 e. The number of benzene rings is 2. The highest BCUT2D eigenvalue weighted by molar-refractivity contribution is 7.92. The minimum absolute atomic E-state index is 0.0612. The van der Waals surface area contributed by atoms with E-state index in [9.17, 15) is 13.2 Å². The van der Waals surface area contributed by atoms with Crippen molar-refractivity contribution in [1.29, 1.82) is 0 Å². The molecular weight excluding hydrogens is 675 g/mol. The zero-order chi connectivity index (χ0) is 36.9. The number of anilines is 1. The molecule has 272 valence electrons. The lowest BCUT2D eigenvalue weighted by Gasteiger charge is -2.39. The van der Waals surface area contributed by atoms with Gasteiger partial charge in [0.25, 0.3) is 15.9 Å². The van der Waals surface area contributed by atoms with Crippen LogP contribution in [-0.4, -0.2) is 56.4 Å². The van der Waals surface area contributed by atoms with Gasteiger partial charge in [0.15, 0.2) is 5.65 Å². The second kappa shape index (κ2) is 13.6. The number of rotatable bonds is 4. The Balaban J connectivity index is 1.41. The first-order valence-electron chi connectivity index (χ1n) is 18.1. The Kier molecular flexibility index (Phi) is 9.31. The van der Waals surface area contributed by atoms with Gasteiger partial charge >= 0.3 is 0 Å². The second-order valence-electron chi connectivity index (χ2n) is 15.2. The molecule has 1 amide bonds. The Morgan fingerprint density at radius 3 is 2.46 bits per heavy atom. The first-order chi connectivity index (χ1) is 24.7. The van der Waals surface area contributed by atoms with E-state index < -0.39 is 16.1 Å². The number of fused-ring (bicyclic) bond motifs is 6. The lowest BCUT2D eigenvalue weighted by molar-refractivity contribution is 0.0368. The summed E-state index contributed by atoms with van der Waals surface area (Å²) >= 11 is 0. The number of ether oxygens (including phenoxy) is 1. The molecular formula is C40H47N7O4S. The predicted octanol–water partition coefficient (Wildman–Crippen LogP) is 7.69. The molecule has 1 unspecified atom stereocenters. The zero-order valence-corrected chi connectivity index (χ0v) is 31.8. The molecule has 2 aliphatic rings. The summed E-state index contributed by atoms with van der Waals surface area (Å²) in [5.41, 5.74) is 6.92. The van der Waals surface area contributed by atoms with Crippen molar-refractivity contribution in [3.05, 3.63) is 88.9 Å². The van der Waals surface area contributed by atoms with Gasteiger partial charge in [0.05, 0.1) is 34.6 Å². The Labute approximate surface area is 305 Å². The van der Waals surface area contributed by atoms with Crippen LogP contribution in [0.5, 0.6) is 5.88 Å². The maximum atomic E-state index is 15.0. The summed E-state index contributed by atoms with van der Waals surface area (Å²) in [6, 6.07) is 15.2. The molecule has 11 nitrogen and oxygen atoms in total. The molecule has 2 aromatic carbocycles. The third kappa shape index (κ3) is 6.64. The summed E-state index contributed by atoms with van der Waals surface area (Å²) in [6.45, 7) is 12.8. The molecule has 3 aromatic heterocycles. The number of aromatic nitrogens is 5. The molecule has 4 bridgehead atoms. The number of carbonyl (C=O) groups is 1. The van der Waals surface area contributed by atoms with Crippen molar-refractivity contribution >= 4 is 33.0 Å². The molecule has 5 heterocycles. The van der Waals surface area contributed by atoms with Gasteiger partial charge in [-0.05, 0) is 74.4 Å². The Hall–Kier alpha value is -4.84. The number of nitrogens with one attached hydrogen (secondary N) is 1. The van der Waals surface area contributed by atoms with Crippen molar-refractivity contribution < 1.29 is 17.9 Å². The van der Waals surface area contributed by atoms with Gasteiger partial charge in [-0.15, -0.1) is 0 Å². The summed E-state index contributed by atoms with van der Waals surface area (Å²) in [4.78, 5) is 36.1. The summed E-state index contributed by atoms with van der Waals surface area (Å²) < 4.78 is 39.0. The molecule has 0 aliphatic carbocycles. The van der Waals surface area contributed by atoms with E-state index in [-0.39, 0.29) is 52.2 Å². The zero-order valence-electron chi connectivity index (χ0n) is 31.0. The Morgan fingerprint density at radius 1 is 0.981 bits per heavy atom. The SMILES string of the molecule is CCC[C@@H]1CCCC(c2cnc3cc(C(C)(C)C)n(C)c3n2)N2C(=O)c3cccc(c3)S(=O)(=O)Nc3nc(cc(-c4c(C)cccc4C)n3)OC[C@@H]12. The topological polar surface area (TPSA) is 132 Å². The van der Waals surface area contributed by atoms with E-state index >= 15 is 0 Å². The fraction of sp³-hybridized carbons (Fsp3) is 0.425. The highest BCUT2D eigenvalue weighted by atomic mass is 32.2. The lowest BCUT2D eigenvalue weighted by Crippen LogP contribution is -2.48. The number of aryl methyl sites for hydroxylation is 3. The van der Waals surface area contributed by atoms with Crippen LogP contribution in [0.3, 0.4) is 0 Å². The number of nitrogens with zero attached hydrogens (tertiary/aromatic N) is 6. The number of amides is 1. The van der Waals surface area contributed by atoms with Crippen molar-refractivity contribution in [1.82, 2.24) is 29.4 Å². The molecule has 1 N–H and O–H groups in total. The summed E-state index contributed by atoms with van der Waals surface area (Å²) in [5, 5.41) is 0. The normalized spacial score (nSPS) is 20.5. The van der Waals surface area contributed by atoms with Gasteiger partial charge in [-0.2, -0.15) is 4.98 Å². The maximum Gasteiger partial charge on any atom is 0.264 e. The van der Waals surface area contributed by atoms with Crippen molar-refractivity contribution in [2.24, 2.45) is 13.0 Å². The summed E-state index contributed by atoms with van der Waals surface area (Å²) in [6.07, 6.45) is 6.07. The second-order valence-corrected chi connectivity index (χ2v) is 16.9. The van der Waals surface area contributed by atoms with E-state index in [4.69, 9.17) is 14.7 Å². The van der Waals surface area contributed by atoms with E-state index in [1.807, 2.05) is 44.0 Å². The van der Waals surface area contributed by atoms with E-state index in [1.165, 1.54) is 12.1 Å². The van der Waals surface area contributed by atoms with Crippen LogP contribution in [0.1, 0.15) is 98.7 Å². The summed E-state index contributed by atoms with van der Waals surface area (Å²) in [7, 11) is -2.18.